The van der Waals surface area contributed by atoms with Crippen molar-refractivity contribution in [2.75, 3.05) is 5.75 Å². The summed E-state index contributed by atoms with van der Waals surface area (Å²) in [5.74, 6) is 1.24. The van der Waals surface area contributed by atoms with Gasteiger partial charge in [0.25, 0.3) is 0 Å². The summed E-state index contributed by atoms with van der Waals surface area (Å²) in [7, 11) is 1.73. The number of rotatable bonds is 4. The van der Waals surface area contributed by atoms with E-state index < -0.39 is 11.9 Å². The van der Waals surface area contributed by atoms with Crippen molar-refractivity contribution in [3.05, 3.63) is 47.6 Å². The highest BCUT2D eigenvalue weighted by atomic mass is 35.5. The van der Waals surface area contributed by atoms with Gasteiger partial charge in [-0.15, -0.1) is 11.8 Å². The van der Waals surface area contributed by atoms with E-state index in [4.69, 9.17) is 11.6 Å². The van der Waals surface area contributed by atoms with E-state index in [1.807, 2.05) is 13.0 Å². The molecule has 0 saturated carbocycles. The zero-order chi connectivity index (χ0) is 20.8. The first-order chi connectivity index (χ1) is 13.8. The van der Waals surface area contributed by atoms with Gasteiger partial charge in [-0.1, -0.05) is 18.5 Å². The zero-order valence-corrected chi connectivity index (χ0v) is 16.8. The van der Waals surface area contributed by atoms with Crippen LogP contribution in [-0.2, 0) is 13.2 Å². The van der Waals surface area contributed by atoms with Gasteiger partial charge >= 0.3 is 6.18 Å². The van der Waals surface area contributed by atoms with Crippen LogP contribution in [0.5, 0.6) is 0 Å². The standard InChI is InChI=1S/C18H14ClF3N6S/c1-3-29-14-4-11(28-9-10(19)6-25-28)7-24-16(14)17-26-12-5-15(18(20,21)22)23-8-13(12)27(17)2/h4-9H,3H2,1-2H3. The Labute approximate surface area is 172 Å². The predicted molar refractivity (Wildman–Crippen MR) is 105 cm³/mol. The minimum atomic E-state index is -4.53. The molecule has 0 spiro atoms. The van der Waals surface area contributed by atoms with Crippen LogP contribution in [0.25, 0.3) is 28.2 Å². The summed E-state index contributed by atoms with van der Waals surface area (Å²) in [5.41, 5.74) is 1.02. The molecule has 6 nitrogen and oxygen atoms in total. The molecule has 0 aliphatic carbocycles. The molecule has 11 heteroatoms. The Morgan fingerprint density at radius 3 is 2.59 bits per heavy atom. The van der Waals surface area contributed by atoms with Crippen molar-refractivity contribution in [2.24, 2.45) is 7.05 Å². The Hall–Kier alpha value is -2.59. The maximum Gasteiger partial charge on any atom is 0.433 e. The van der Waals surface area contributed by atoms with E-state index >= 15 is 0 Å². The summed E-state index contributed by atoms with van der Waals surface area (Å²) in [4.78, 5) is 13.3. The molecule has 0 unspecified atom stereocenters. The van der Waals surface area contributed by atoms with Gasteiger partial charge in [-0.05, 0) is 17.9 Å². The number of fused-ring (bicyclic) bond motifs is 1. The summed E-state index contributed by atoms with van der Waals surface area (Å²) in [6.07, 6.45) is 1.47. The molecule has 4 aromatic heterocycles. The molecular weight excluding hydrogens is 425 g/mol. The molecule has 0 fully saturated rings. The van der Waals surface area contributed by atoms with Crippen LogP contribution in [-0.4, -0.2) is 35.1 Å². The van der Waals surface area contributed by atoms with Crippen LogP contribution >= 0.6 is 23.4 Å². The van der Waals surface area contributed by atoms with E-state index in [1.54, 1.807) is 40.5 Å². The Kier molecular flexibility index (Phi) is 4.99. The summed E-state index contributed by atoms with van der Waals surface area (Å²) in [5, 5.41) is 4.68. The number of aryl methyl sites for hydroxylation is 1. The number of alkyl halides is 3. The Morgan fingerprint density at radius 2 is 1.93 bits per heavy atom. The quantitative estimate of drug-likeness (QED) is 0.419. The summed E-state index contributed by atoms with van der Waals surface area (Å²) in [6.45, 7) is 2.00. The molecule has 0 atom stereocenters. The first-order valence-corrected chi connectivity index (χ1v) is 9.87. The van der Waals surface area contributed by atoms with Crippen LogP contribution in [0.4, 0.5) is 13.2 Å². The monoisotopic (exact) mass is 438 g/mol. The fraction of sp³-hybridized carbons (Fsp3) is 0.222. The first kappa shape index (κ1) is 19.7. The van der Waals surface area contributed by atoms with Crippen molar-refractivity contribution in [3.63, 3.8) is 0 Å². The maximum absolute atomic E-state index is 13.0. The number of pyridine rings is 2. The molecule has 0 N–H and O–H groups in total. The van der Waals surface area contributed by atoms with Gasteiger partial charge in [0.2, 0.25) is 0 Å². The third kappa shape index (κ3) is 3.69. The number of halogens is 4. The van der Waals surface area contributed by atoms with E-state index in [9.17, 15) is 13.2 Å². The Bertz CT molecular complexity index is 1200. The zero-order valence-electron chi connectivity index (χ0n) is 15.3. The third-order valence-electron chi connectivity index (χ3n) is 4.22. The lowest BCUT2D eigenvalue weighted by Gasteiger charge is -2.10. The fourth-order valence-corrected chi connectivity index (χ4v) is 3.82. The van der Waals surface area contributed by atoms with Gasteiger partial charge in [0.15, 0.2) is 5.82 Å². The van der Waals surface area contributed by atoms with Gasteiger partial charge in [-0.3, -0.25) is 0 Å². The van der Waals surface area contributed by atoms with Gasteiger partial charge in [-0.25, -0.2) is 19.6 Å². The lowest BCUT2D eigenvalue weighted by Crippen LogP contribution is -2.07. The second-order valence-corrected chi connectivity index (χ2v) is 7.87. The van der Waals surface area contributed by atoms with Crippen LogP contribution in [0.15, 0.2) is 41.8 Å². The minimum Gasteiger partial charge on any atom is -0.325 e. The highest BCUT2D eigenvalue weighted by Crippen LogP contribution is 2.34. The van der Waals surface area contributed by atoms with Crippen molar-refractivity contribution in [1.82, 2.24) is 29.3 Å². The van der Waals surface area contributed by atoms with Crippen LogP contribution in [0.3, 0.4) is 0 Å². The van der Waals surface area contributed by atoms with Gasteiger partial charge in [-0.2, -0.15) is 18.3 Å². The van der Waals surface area contributed by atoms with Crippen LogP contribution < -0.4 is 0 Å². The molecule has 0 aliphatic heterocycles. The van der Waals surface area contributed by atoms with Gasteiger partial charge < -0.3 is 4.57 Å². The molecule has 0 aromatic carbocycles. The van der Waals surface area contributed by atoms with E-state index in [0.717, 1.165) is 22.4 Å². The molecule has 0 aliphatic rings. The number of nitrogens with zero attached hydrogens (tertiary/aromatic N) is 6. The number of aromatic nitrogens is 6. The van der Waals surface area contributed by atoms with Gasteiger partial charge in [0.1, 0.15) is 11.4 Å². The minimum absolute atomic E-state index is 0.210. The molecule has 4 aromatic rings. The number of hydrogen-bond donors (Lipinski definition) is 0. The highest BCUT2D eigenvalue weighted by molar-refractivity contribution is 7.99. The topological polar surface area (TPSA) is 61.4 Å². The lowest BCUT2D eigenvalue weighted by atomic mass is 10.3. The molecular formula is C18H14ClF3N6S. The smallest absolute Gasteiger partial charge is 0.325 e. The fourth-order valence-electron chi connectivity index (χ4n) is 2.89. The van der Waals surface area contributed by atoms with Crippen molar-refractivity contribution in [3.8, 4) is 17.2 Å². The number of hydrogen-bond acceptors (Lipinski definition) is 5. The molecule has 0 amide bonds. The normalized spacial score (nSPS) is 12.1. The van der Waals surface area contributed by atoms with E-state index in [1.165, 1.54) is 12.4 Å². The van der Waals surface area contributed by atoms with Crippen molar-refractivity contribution in [1.29, 1.82) is 0 Å². The summed E-state index contributed by atoms with van der Waals surface area (Å²) in [6, 6.07) is 2.85. The van der Waals surface area contributed by atoms with Gasteiger partial charge in [0.05, 0.1) is 40.3 Å². The molecule has 0 radical (unpaired) electrons. The van der Waals surface area contributed by atoms with E-state index in [0.29, 0.717) is 22.1 Å². The number of thioether (sulfide) groups is 1. The summed E-state index contributed by atoms with van der Waals surface area (Å²) < 4.78 is 42.3. The largest absolute Gasteiger partial charge is 0.433 e. The molecule has 29 heavy (non-hydrogen) atoms. The predicted octanol–water partition coefficient (Wildman–Crippen LogP) is 5.00. The van der Waals surface area contributed by atoms with E-state index in [2.05, 4.69) is 20.1 Å². The molecule has 4 heterocycles. The Balaban J connectivity index is 1.84. The van der Waals surface area contributed by atoms with Crippen LogP contribution in [0.2, 0.25) is 5.02 Å². The van der Waals surface area contributed by atoms with E-state index in [-0.39, 0.29) is 5.52 Å². The van der Waals surface area contributed by atoms with Crippen LogP contribution in [0.1, 0.15) is 12.6 Å². The molecule has 0 saturated heterocycles. The highest BCUT2D eigenvalue weighted by Gasteiger charge is 2.33. The average Bonchev–Trinajstić information content (AvgIpc) is 3.25. The third-order valence-corrected chi connectivity index (χ3v) is 5.33. The second-order valence-electron chi connectivity index (χ2n) is 6.13. The van der Waals surface area contributed by atoms with Crippen molar-refractivity contribution < 1.29 is 13.2 Å². The average molecular weight is 439 g/mol. The molecule has 150 valence electrons. The Morgan fingerprint density at radius 1 is 1.14 bits per heavy atom. The maximum atomic E-state index is 13.0. The van der Waals surface area contributed by atoms with Crippen molar-refractivity contribution >= 4 is 34.4 Å². The van der Waals surface area contributed by atoms with Gasteiger partial charge in [0, 0.05) is 18.1 Å². The summed E-state index contributed by atoms with van der Waals surface area (Å²) >= 11 is 7.49. The SMILES string of the molecule is CCSc1cc(-n2cc(Cl)cn2)cnc1-c1nc2cc(C(F)(F)F)ncc2n1C. The van der Waals surface area contributed by atoms with Crippen LogP contribution in [0, 0.1) is 0 Å². The molecule has 4 rings (SSSR count). The first-order valence-electron chi connectivity index (χ1n) is 8.51. The molecule has 0 bridgehead atoms. The number of imidazole rings is 1. The van der Waals surface area contributed by atoms with Crippen molar-refractivity contribution in [2.45, 2.75) is 18.0 Å². The lowest BCUT2D eigenvalue weighted by molar-refractivity contribution is -0.141. The second kappa shape index (κ2) is 7.34.